The van der Waals surface area contributed by atoms with Gasteiger partial charge in [0.1, 0.15) is 36.3 Å². The van der Waals surface area contributed by atoms with Gasteiger partial charge in [-0.15, -0.1) is 18.3 Å². The molecule has 1 amide bonds. The second-order valence-electron chi connectivity index (χ2n) is 11.1. The van der Waals surface area contributed by atoms with Crippen LogP contribution in [0.1, 0.15) is 37.5 Å². The average Bonchev–Trinajstić information content (AvgIpc) is 3.50. The molecule has 0 saturated heterocycles. The monoisotopic (exact) mass is 683 g/mol. The van der Waals surface area contributed by atoms with Gasteiger partial charge in [0.25, 0.3) is 0 Å². The van der Waals surface area contributed by atoms with E-state index in [1.54, 1.807) is 45.0 Å². The molecule has 1 heterocycles. The largest absolute Gasteiger partial charge is 0.573 e. The number of ether oxygens (including phenoxy) is 2. The van der Waals surface area contributed by atoms with Crippen LogP contribution in [0.5, 0.6) is 5.75 Å². The zero-order valence-electron chi connectivity index (χ0n) is 26.5. The van der Waals surface area contributed by atoms with Crippen LogP contribution in [0.15, 0.2) is 83.2 Å². The van der Waals surface area contributed by atoms with Crippen LogP contribution in [0.3, 0.4) is 0 Å². The minimum atomic E-state index is -4.78. The maximum Gasteiger partial charge on any atom is 0.573 e. The molecular formula is C32H32F3N7O5S. The number of benzene rings is 3. The van der Waals surface area contributed by atoms with Crippen molar-refractivity contribution in [2.45, 2.75) is 46.6 Å². The van der Waals surface area contributed by atoms with E-state index in [1.807, 2.05) is 32.0 Å². The highest BCUT2D eigenvalue weighted by atomic mass is 32.2. The summed E-state index contributed by atoms with van der Waals surface area (Å²) >= 11 is 0.653. The highest BCUT2D eigenvalue weighted by Gasteiger charge is 2.31. The van der Waals surface area contributed by atoms with Crippen molar-refractivity contribution in [1.29, 1.82) is 0 Å². The first-order valence-corrected chi connectivity index (χ1v) is 15.1. The third-order valence-electron chi connectivity index (χ3n) is 6.01. The molecule has 0 saturated carbocycles. The van der Waals surface area contributed by atoms with Crippen LogP contribution < -0.4 is 15.5 Å². The fourth-order valence-corrected chi connectivity index (χ4v) is 4.37. The molecule has 2 N–H and O–H groups in total. The Hall–Kier alpha value is -5.38. The lowest BCUT2D eigenvalue weighted by Gasteiger charge is -2.19. The molecule has 0 radical (unpaired) electrons. The number of nitrogens with one attached hydrogen (secondary N) is 2. The number of carbonyl (C=O) groups is 2. The number of amides is 1. The van der Waals surface area contributed by atoms with Crippen LogP contribution in [0.25, 0.3) is 17.1 Å². The molecule has 0 atom stereocenters. The lowest BCUT2D eigenvalue weighted by Crippen LogP contribution is -2.35. The molecule has 4 rings (SSSR count). The van der Waals surface area contributed by atoms with Crippen LogP contribution in [0.4, 0.5) is 23.7 Å². The summed E-state index contributed by atoms with van der Waals surface area (Å²) in [6.45, 7) is 8.51. The van der Waals surface area contributed by atoms with E-state index in [9.17, 15) is 22.8 Å². The quantitative estimate of drug-likeness (QED) is 0.0890. The molecule has 12 nitrogen and oxygen atoms in total. The second kappa shape index (κ2) is 15.5. The number of hydrazone groups is 1. The van der Waals surface area contributed by atoms with Crippen molar-refractivity contribution in [1.82, 2.24) is 25.5 Å². The molecule has 0 unspecified atom stereocenters. The van der Waals surface area contributed by atoms with Crippen molar-refractivity contribution in [2.75, 3.05) is 6.54 Å². The van der Waals surface area contributed by atoms with Crippen molar-refractivity contribution in [3.8, 4) is 22.8 Å². The summed E-state index contributed by atoms with van der Waals surface area (Å²) in [5.41, 5.74) is 6.46. The van der Waals surface area contributed by atoms with Crippen LogP contribution in [-0.4, -0.2) is 56.7 Å². The lowest BCUT2D eigenvalue weighted by atomic mass is 10.1. The summed E-state index contributed by atoms with van der Waals surface area (Å²) in [4.78, 5) is 33.0. The van der Waals surface area contributed by atoms with Crippen LogP contribution >= 0.6 is 12.0 Å². The zero-order chi connectivity index (χ0) is 34.9. The van der Waals surface area contributed by atoms with Crippen LogP contribution in [0.2, 0.25) is 0 Å². The van der Waals surface area contributed by atoms with Crippen LogP contribution in [-0.2, 0) is 13.7 Å². The first kappa shape index (κ1) is 35.5. The maximum atomic E-state index is 12.4. The van der Waals surface area contributed by atoms with Gasteiger partial charge in [-0.1, -0.05) is 42.5 Å². The molecule has 0 aliphatic rings. The third kappa shape index (κ3) is 11.2. The van der Waals surface area contributed by atoms with Gasteiger partial charge in [-0.3, -0.25) is 5.43 Å². The van der Waals surface area contributed by atoms with Gasteiger partial charge in [0, 0.05) is 5.56 Å². The number of halogens is 3. The number of rotatable bonds is 8. The summed E-state index contributed by atoms with van der Waals surface area (Å²) in [5, 5.41) is 11.2. The molecule has 0 spiro atoms. The van der Waals surface area contributed by atoms with Gasteiger partial charge in [0.15, 0.2) is 5.82 Å². The Labute approximate surface area is 278 Å². The molecule has 1 aromatic heterocycles. The van der Waals surface area contributed by atoms with Crippen molar-refractivity contribution >= 4 is 41.2 Å². The van der Waals surface area contributed by atoms with E-state index in [4.69, 9.17) is 8.92 Å². The SMILES string of the molecule is Cc1cccc(C)c1N=C(N/N=C/c1ccc(-c2ncn(-c3ccc(OC(F)(F)F)cc3)n2)cc1)SOC(=O)CNC(=O)OC(C)(C)C. The summed E-state index contributed by atoms with van der Waals surface area (Å²) < 4.78 is 53.0. The highest BCUT2D eigenvalue weighted by molar-refractivity contribution is 8.10. The Morgan fingerprint density at radius 1 is 0.979 bits per heavy atom. The normalized spacial score (nSPS) is 12.1. The fraction of sp³-hybridized carbons (Fsp3) is 0.250. The summed E-state index contributed by atoms with van der Waals surface area (Å²) in [5.74, 6) is -0.672. The molecule has 3 aromatic carbocycles. The van der Waals surface area contributed by atoms with Crippen molar-refractivity contribution in [3.63, 3.8) is 0 Å². The Kier molecular flexibility index (Phi) is 11.4. The predicted octanol–water partition coefficient (Wildman–Crippen LogP) is 6.78. The van der Waals surface area contributed by atoms with Gasteiger partial charge >= 0.3 is 18.4 Å². The number of aromatic nitrogens is 3. The van der Waals surface area contributed by atoms with E-state index in [2.05, 4.69) is 35.7 Å². The van der Waals surface area contributed by atoms with Gasteiger partial charge in [-0.25, -0.2) is 24.2 Å². The van der Waals surface area contributed by atoms with E-state index in [0.717, 1.165) is 11.1 Å². The Bertz CT molecular complexity index is 1770. The topological polar surface area (TPSA) is 141 Å². The number of hydrogen-bond donors (Lipinski definition) is 2. The summed E-state index contributed by atoms with van der Waals surface area (Å²) in [6.07, 6.45) is -2.54. The maximum absolute atomic E-state index is 12.4. The molecule has 16 heteroatoms. The minimum Gasteiger partial charge on any atom is -0.444 e. The van der Waals surface area contributed by atoms with E-state index in [-0.39, 0.29) is 10.9 Å². The minimum absolute atomic E-state index is 0.165. The summed E-state index contributed by atoms with van der Waals surface area (Å²) in [7, 11) is 0. The highest BCUT2D eigenvalue weighted by Crippen LogP contribution is 2.26. The number of alkyl carbamates (subject to hydrolysis) is 1. The van der Waals surface area contributed by atoms with Gasteiger partial charge in [0.05, 0.1) is 17.6 Å². The van der Waals surface area contributed by atoms with E-state index >= 15 is 0 Å². The summed E-state index contributed by atoms with van der Waals surface area (Å²) in [6, 6.07) is 18.1. The fourth-order valence-electron chi connectivity index (χ4n) is 3.92. The van der Waals surface area contributed by atoms with E-state index in [0.29, 0.717) is 40.4 Å². The number of aliphatic imine (C=N–C) groups is 1. The molecular weight excluding hydrogens is 651 g/mol. The van der Waals surface area contributed by atoms with Crippen molar-refractivity contribution in [3.05, 3.63) is 89.7 Å². The number of hydrogen-bond acceptors (Lipinski definition) is 10. The Balaban J connectivity index is 1.40. The zero-order valence-corrected chi connectivity index (χ0v) is 27.3. The van der Waals surface area contributed by atoms with E-state index < -0.39 is 30.6 Å². The Morgan fingerprint density at radius 3 is 2.27 bits per heavy atom. The van der Waals surface area contributed by atoms with Crippen LogP contribution in [0, 0.1) is 13.8 Å². The smallest absolute Gasteiger partial charge is 0.444 e. The number of amidine groups is 1. The Morgan fingerprint density at radius 2 is 1.65 bits per heavy atom. The molecule has 0 aliphatic heterocycles. The number of para-hydroxylation sites is 1. The third-order valence-corrected chi connectivity index (χ3v) is 6.62. The predicted molar refractivity (Wildman–Crippen MR) is 175 cm³/mol. The second-order valence-corrected chi connectivity index (χ2v) is 11.8. The lowest BCUT2D eigenvalue weighted by molar-refractivity contribution is -0.274. The number of carbonyl (C=O) groups excluding carboxylic acids is 2. The average molecular weight is 684 g/mol. The number of aryl methyl sites for hydroxylation is 2. The van der Waals surface area contributed by atoms with Crippen molar-refractivity contribution < 1.29 is 36.4 Å². The van der Waals surface area contributed by atoms with Gasteiger partial charge in [0.2, 0.25) is 5.17 Å². The number of nitrogens with zero attached hydrogens (tertiary/aromatic N) is 5. The number of alkyl halides is 3. The first-order chi connectivity index (χ1) is 22.6. The van der Waals surface area contributed by atoms with Crippen molar-refractivity contribution in [2.24, 2.45) is 10.1 Å². The van der Waals surface area contributed by atoms with Gasteiger partial charge < -0.3 is 19.0 Å². The van der Waals surface area contributed by atoms with Gasteiger partial charge in [-0.2, -0.15) is 5.10 Å². The van der Waals surface area contributed by atoms with Gasteiger partial charge in [-0.05, 0) is 75.6 Å². The molecule has 252 valence electrons. The standard InChI is InChI=1S/C32H32F3N7O5S/c1-20-7-6-8-21(2)27(20)39-29(48-47-26(43)18-36-30(44)46-31(3,4)5)40-38-17-22-9-11-23(12-10-22)28-37-19-42(41-28)24-13-15-25(16-14-24)45-32(33,34)35/h6-17,19H,18H2,1-5H3,(H,36,44)(H,39,40)/b38-17+. The molecule has 48 heavy (non-hydrogen) atoms. The first-order valence-electron chi connectivity index (χ1n) is 14.3. The molecule has 4 aromatic rings. The van der Waals surface area contributed by atoms with E-state index in [1.165, 1.54) is 41.5 Å². The molecule has 0 bridgehead atoms. The molecule has 0 aliphatic carbocycles. The molecule has 0 fully saturated rings.